The molecule has 0 aliphatic carbocycles. The van der Waals surface area contributed by atoms with E-state index >= 15 is 0 Å². The van der Waals surface area contributed by atoms with Crippen LogP contribution < -0.4 is 15.4 Å². The summed E-state index contributed by atoms with van der Waals surface area (Å²) in [5.74, 6) is 1.28. The van der Waals surface area contributed by atoms with Gasteiger partial charge >= 0.3 is 0 Å². The van der Waals surface area contributed by atoms with Crippen molar-refractivity contribution in [3.05, 3.63) is 29.8 Å². The highest BCUT2D eigenvalue weighted by atomic mass is 16.5. The number of carbonyl (C=O) groups is 1. The van der Waals surface area contributed by atoms with E-state index in [1.54, 1.807) is 14.0 Å². The Balaban J connectivity index is 1.71. The Kier molecular flexibility index (Phi) is 6.68. The number of rotatable bonds is 7. The molecule has 1 fully saturated rings. The van der Waals surface area contributed by atoms with E-state index in [1.165, 1.54) is 12.8 Å². The average Bonchev–Trinajstić information content (AvgIpc) is 2.58. The molecule has 2 rings (SSSR count). The lowest BCUT2D eigenvalue weighted by Crippen LogP contribution is -2.41. The van der Waals surface area contributed by atoms with Crippen molar-refractivity contribution < 1.29 is 14.3 Å². The standard InChI is InChI=1S/C17H26N2O3/c1-13(17(20)19-11-15-6-4-8-18-10-15)22-12-14-5-3-7-16(9-14)21-2/h3,5,7,9,13,15,18H,4,6,8,10-12H2,1-2H3,(H,19,20). The molecule has 0 radical (unpaired) electrons. The molecule has 1 amide bonds. The van der Waals surface area contributed by atoms with E-state index in [0.717, 1.165) is 30.9 Å². The highest BCUT2D eigenvalue weighted by Gasteiger charge is 2.17. The van der Waals surface area contributed by atoms with Gasteiger partial charge < -0.3 is 20.1 Å². The van der Waals surface area contributed by atoms with E-state index in [4.69, 9.17) is 9.47 Å². The van der Waals surface area contributed by atoms with Gasteiger partial charge in [0.05, 0.1) is 13.7 Å². The summed E-state index contributed by atoms with van der Waals surface area (Å²) < 4.78 is 10.8. The average molecular weight is 306 g/mol. The summed E-state index contributed by atoms with van der Waals surface area (Å²) in [5.41, 5.74) is 0.996. The van der Waals surface area contributed by atoms with Crippen molar-refractivity contribution in [1.29, 1.82) is 0 Å². The zero-order valence-electron chi connectivity index (χ0n) is 13.4. The molecular weight excluding hydrogens is 280 g/mol. The number of nitrogens with one attached hydrogen (secondary N) is 2. The Bertz CT molecular complexity index is 473. The summed E-state index contributed by atoms with van der Waals surface area (Å²) >= 11 is 0. The van der Waals surface area contributed by atoms with Crippen LogP contribution in [0.4, 0.5) is 0 Å². The Labute approximate surface area is 132 Å². The van der Waals surface area contributed by atoms with Crippen LogP contribution in [-0.2, 0) is 16.1 Å². The molecule has 0 saturated carbocycles. The fourth-order valence-corrected chi connectivity index (χ4v) is 2.55. The lowest BCUT2D eigenvalue weighted by atomic mass is 10.00. The number of benzene rings is 1. The number of piperidine rings is 1. The normalized spacial score (nSPS) is 19.5. The molecule has 22 heavy (non-hydrogen) atoms. The fourth-order valence-electron chi connectivity index (χ4n) is 2.55. The highest BCUT2D eigenvalue weighted by Crippen LogP contribution is 2.14. The number of hydrogen-bond donors (Lipinski definition) is 2. The van der Waals surface area contributed by atoms with Crippen molar-refractivity contribution >= 4 is 5.91 Å². The van der Waals surface area contributed by atoms with Crippen LogP contribution in [0.25, 0.3) is 0 Å². The van der Waals surface area contributed by atoms with Crippen LogP contribution in [0.3, 0.4) is 0 Å². The molecule has 122 valence electrons. The lowest BCUT2D eigenvalue weighted by molar-refractivity contribution is -0.132. The van der Waals surface area contributed by atoms with Gasteiger partial charge in [-0.2, -0.15) is 0 Å². The number of ether oxygens (including phenoxy) is 2. The van der Waals surface area contributed by atoms with Crippen molar-refractivity contribution in [1.82, 2.24) is 10.6 Å². The van der Waals surface area contributed by atoms with Gasteiger partial charge in [0.25, 0.3) is 0 Å². The Morgan fingerprint density at radius 3 is 3.09 bits per heavy atom. The van der Waals surface area contributed by atoms with E-state index in [-0.39, 0.29) is 5.91 Å². The molecule has 1 aliphatic heterocycles. The minimum absolute atomic E-state index is 0.0477. The first kappa shape index (κ1) is 16.8. The summed E-state index contributed by atoms with van der Waals surface area (Å²) in [5, 5.41) is 6.33. The predicted octanol–water partition coefficient (Wildman–Crippen LogP) is 1.72. The molecular formula is C17H26N2O3. The first-order valence-electron chi connectivity index (χ1n) is 7.92. The summed E-state index contributed by atoms with van der Waals surface area (Å²) in [6, 6.07) is 7.68. The van der Waals surface area contributed by atoms with Crippen LogP contribution in [-0.4, -0.2) is 38.8 Å². The van der Waals surface area contributed by atoms with Gasteiger partial charge in [-0.1, -0.05) is 12.1 Å². The van der Waals surface area contributed by atoms with E-state index in [0.29, 0.717) is 12.5 Å². The maximum atomic E-state index is 12.0. The van der Waals surface area contributed by atoms with Crippen molar-refractivity contribution in [2.24, 2.45) is 5.92 Å². The molecule has 1 aromatic carbocycles. The van der Waals surface area contributed by atoms with Crippen LogP contribution in [0, 0.1) is 5.92 Å². The van der Waals surface area contributed by atoms with Crippen LogP contribution in [0.1, 0.15) is 25.3 Å². The van der Waals surface area contributed by atoms with Gasteiger partial charge in [0.15, 0.2) is 0 Å². The number of hydrogen-bond acceptors (Lipinski definition) is 4. The van der Waals surface area contributed by atoms with E-state index in [1.807, 2.05) is 24.3 Å². The van der Waals surface area contributed by atoms with E-state index in [9.17, 15) is 4.79 Å². The zero-order chi connectivity index (χ0) is 15.8. The maximum Gasteiger partial charge on any atom is 0.248 e. The number of methoxy groups -OCH3 is 1. The van der Waals surface area contributed by atoms with Crippen molar-refractivity contribution in [2.75, 3.05) is 26.7 Å². The maximum absolute atomic E-state index is 12.0. The first-order chi connectivity index (χ1) is 10.7. The molecule has 1 heterocycles. The minimum atomic E-state index is -0.456. The second kappa shape index (κ2) is 8.76. The van der Waals surface area contributed by atoms with Crippen molar-refractivity contribution in [3.8, 4) is 5.75 Å². The molecule has 2 atom stereocenters. The summed E-state index contributed by atoms with van der Waals surface area (Å²) in [6.45, 7) is 4.98. The van der Waals surface area contributed by atoms with Gasteiger partial charge in [0, 0.05) is 6.54 Å². The van der Waals surface area contributed by atoms with Gasteiger partial charge in [-0.15, -0.1) is 0 Å². The van der Waals surface area contributed by atoms with Crippen LogP contribution in [0.5, 0.6) is 5.75 Å². The topological polar surface area (TPSA) is 59.6 Å². The molecule has 1 aliphatic rings. The molecule has 0 bridgehead atoms. The third-order valence-electron chi connectivity index (χ3n) is 3.97. The minimum Gasteiger partial charge on any atom is -0.497 e. The van der Waals surface area contributed by atoms with Crippen molar-refractivity contribution in [2.45, 2.75) is 32.5 Å². The molecule has 5 heteroatoms. The smallest absolute Gasteiger partial charge is 0.248 e. The van der Waals surface area contributed by atoms with Gasteiger partial charge in [0.1, 0.15) is 11.9 Å². The Morgan fingerprint density at radius 2 is 2.36 bits per heavy atom. The monoisotopic (exact) mass is 306 g/mol. The molecule has 0 aromatic heterocycles. The Hall–Kier alpha value is -1.59. The quantitative estimate of drug-likeness (QED) is 0.805. The van der Waals surface area contributed by atoms with E-state index < -0.39 is 6.10 Å². The van der Waals surface area contributed by atoms with Crippen LogP contribution in [0.15, 0.2) is 24.3 Å². The second-order valence-electron chi connectivity index (χ2n) is 5.76. The molecule has 0 spiro atoms. The highest BCUT2D eigenvalue weighted by molar-refractivity contribution is 5.80. The molecule has 2 unspecified atom stereocenters. The third kappa shape index (κ3) is 5.31. The predicted molar refractivity (Wildman–Crippen MR) is 85.8 cm³/mol. The van der Waals surface area contributed by atoms with Crippen LogP contribution >= 0.6 is 0 Å². The molecule has 1 aromatic rings. The SMILES string of the molecule is COc1cccc(COC(C)C(=O)NCC2CCCNC2)c1. The largest absolute Gasteiger partial charge is 0.497 e. The third-order valence-corrected chi connectivity index (χ3v) is 3.97. The summed E-state index contributed by atoms with van der Waals surface area (Å²) in [6.07, 6.45) is 1.90. The lowest BCUT2D eigenvalue weighted by Gasteiger charge is -2.23. The molecule has 5 nitrogen and oxygen atoms in total. The molecule has 2 N–H and O–H groups in total. The summed E-state index contributed by atoms with van der Waals surface area (Å²) in [4.78, 5) is 12.0. The van der Waals surface area contributed by atoms with Gasteiger partial charge in [-0.3, -0.25) is 4.79 Å². The number of amides is 1. The van der Waals surface area contributed by atoms with Gasteiger partial charge in [0.2, 0.25) is 5.91 Å². The Morgan fingerprint density at radius 1 is 1.50 bits per heavy atom. The second-order valence-corrected chi connectivity index (χ2v) is 5.76. The van der Waals surface area contributed by atoms with Gasteiger partial charge in [-0.05, 0) is 56.5 Å². The molecule has 1 saturated heterocycles. The number of carbonyl (C=O) groups excluding carboxylic acids is 1. The summed E-state index contributed by atoms with van der Waals surface area (Å²) in [7, 11) is 1.64. The fraction of sp³-hybridized carbons (Fsp3) is 0.588. The van der Waals surface area contributed by atoms with Crippen LogP contribution in [0.2, 0.25) is 0 Å². The van der Waals surface area contributed by atoms with Crippen molar-refractivity contribution in [3.63, 3.8) is 0 Å². The zero-order valence-corrected chi connectivity index (χ0v) is 13.4. The van der Waals surface area contributed by atoms with Gasteiger partial charge in [-0.25, -0.2) is 0 Å². The first-order valence-corrected chi connectivity index (χ1v) is 7.92. The van der Waals surface area contributed by atoms with E-state index in [2.05, 4.69) is 10.6 Å².